The Bertz CT molecular complexity index is 1060. The molecule has 9 nitrogen and oxygen atoms in total. The van der Waals surface area contributed by atoms with Crippen LogP contribution in [0.3, 0.4) is 0 Å². The van der Waals surface area contributed by atoms with Crippen LogP contribution in [0, 0.1) is 0 Å². The van der Waals surface area contributed by atoms with Gasteiger partial charge in [0.05, 0.1) is 7.11 Å². The number of hydrogen-bond acceptors (Lipinski definition) is 7. The molecule has 0 bridgehead atoms. The number of hydrogen-bond donors (Lipinski definition) is 2. The number of sulfonamides is 1. The Labute approximate surface area is 191 Å². The van der Waals surface area contributed by atoms with Crippen molar-refractivity contribution in [3.05, 3.63) is 40.1 Å². The molecule has 2 amide bonds. The zero-order chi connectivity index (χ0) is 23.1. The zero-order valence-corrected chi connectivity index (χ0v) is 19.7. The molecule has 2 aromatic rings. The number of carbonyl (C=O) groups excluding carboxylic acids is 2. The standard InChI is InChI=1S/C21H27N3O6S2/c1-3-22-19(25)14-30-16-7-6-15(12-17(16)29-2)13-23-21(26)20-18(8-11-31-20)32(27,28)24-9-4-5-10-24/h6-8,11-12H,3-5,9-10,13-14H2,1-2H3,(H,22,25)(H,23,26). The smallest absolute Gasteiger partial charge is 0.263 e. The van der Waals surface area contributed by atoms with Gasteiger partial charge in [-0.15, -0.1) is 11.3 Å². The number of benzene rings is 1. The van der Waals surface area contributed by atoms with Gasteiger partial charge in [-0.1, -0.05) is 6.07 Å². The molecule has 0 spiro atoms. The van der Waals surface area contributed by atoms with Gasteiger partial charge in [0.15, 0.2) is 18.1 Å². The van der Waals surface area contributed by atoms with Crippen LogP contribution < -0.4 is 20.1 Å². The Balaban J connectivity index is 1.65. The predicted octanol–water partition coefficient (Wildman–Crippen LogP) is 1.99. The summed E-state index contributed by atoms with van der Waals surface area (Å²) in [5.41, 5.74) is 0.737. The van der Waals surface area contributed by atoms with Gasteiger partial charge in [0.2, 0.25) is 10.0 Å². The molecule has 174 valence electrons. The van der Waals surface area contributed by atoms with Crippen LogP contribution >= 0.6 is 11.3 Å². The third kappa shape index (κ3) is 5.59. The molecular weight excluding hydrogens is 454 g/mol. The molecule has 0 aliphatic carbocycles. The van der Waals surface area contributed by atoms with Crippen molar-refractivity contribution in [1.29, 1.82) is 0 Å². The number of amides is 2. The van der Waals surface area contributed by atoms with Gasteiger partial charge in [-0.2, -0.15) is 4.31 Å². The first-order valence-corrected chi connectivity index (χ1v) is 12.6. The Hall–Kier alpha value is -2.63. The molecule has 0 saturated carbocycles. The van der Waals surface area contributed by atoms with Gasteiger partial charge in [-0.3, -0.25) is 9.59 Å². The minimum atomic E-state index is -3.67. The van der Waals surface area contributed by atoms with Crippen molar-refractivity contribution < 1.29 is 27.5 Å². The number of methoxy groups -OCH3 is 1. The van der Waals surface area contributed by atoms with Crippen molar-refractivity contribution in [1.82, 2.24) is 14.9 Å². The van der Waals surface area contributed by atoms with Crippen molar-refractivity contribution in [2.24, 2.45) is 0 Å². The van der Waals surface area contributed by atoms with E-state index in [1.807, 2.05) is 6.92 Å². The van der Waals surface area contributed by atoms with Gasteiger partial charge in [0.1, 0.15) is 9.77 Å². The second-order valence-electron chi connectivity index (χ2n) is 7.14. The van der Waals surface area contributed by atoms with Crippen molar-refractivity contribution in [2.45, 2.75) is 31.2 Å². The summed E-state index contributed by atoms with van der Waals surface area (Å²) in [4.78, 5) is 24.5. The minimum absolute atomic E-state index is 0.0496. The van der Waals surface area contributed by atoms with Gasteiger partial charge >= 0.3 is 0 Å². The molecule has 1 aliphatic rings. The number of nitrogens with one attached hydrogen (secondary N) is 2. The van der Waals surface area contributed by atoms with Crippen LogP contribution in [0.5, 0.6) is 11.5 Å². The van der Waals surface area contributed by atoms with Gasteiger partial charge in [-0.25, -0.2) is 8.42 Å². The summed E-state index contributed by atoms with van der Waals surface area (Å²) in [6.45, 7) is 3.34. The van der Waals surface area contributed by atoms with E-state index in [0.717, 1.165) is 29.7 Å². The highest BCUT2D eigenvalue weighted by atomic mass is 32.2. The van der Waals surface area contributed by atoms with E-state index in [4.69, 9.17) is 9.47 Å². The van der Waals surface area contributed by atoms with E-state index in [1.165, 1.54) is 17.5 Å². The van der Waals surface area contributed by atoms with Crippen molar-refractivity contribution in [3.63, 3.8) is 0 Å². The van der Waals surface area contributed by atoms with Crippen molar-refractivity contribution in [3.8, 4) is 11.5 Å². The molecule has 0 radical (unpaired) electrons. The third-order valence-corrected chi connectivity index (χ3v) is 7.92. The Morgan fingerprint density at radius 2 is 1.88 bits per heavy atom. The second kappa shape index (κ2) is 10.8. The second-order valence-corrected chi connectivity index (χ2v) is 9.96. The fourth-order valence-electron chi connectivity index (χ4n) is 3.33. The SMILES string of the molecule is CCNC(=O)COc1ccc(CNC(=O)c2sccc2S(=O)(=O)N2CCCC2)cc1OC. The number of carbonyl (C=O) groups is 2. The van der Waals surface area contributed by atoms with Gasteiger partial charge in [0, 0.05) is 26.2 Å². The highest BCUT2D eigenvalue weighted by Gasteiger charge is 2.31. The normalized spacial score (nSPS) is 14.2. The van der Waals surface area contributed by atoms with Crippen molar-refractivity contribution >= 4 is 33.2 Å². The zero-order valence-electron chi connectivity index (χ0n) is 18.0. The third-order valence-electron chi connectivity index (χ3n) is 4.93. The highest BCUT2D eigenvalue weighted by molar-refractivity contribution is 7.89. The lowest BCUT2D eigenvalue weighted by Crippen LogP contribution is -2.30. The maximum Gasteiger partial charge on any atom is 0.263 e. The Kier molecular flexibility index (Phi) is 8.10. The maximum absolute atomic E-state index is 12.9. The number of ether oxygens (including phenoxy) is 2. The van der Waals surface area contributed by atoms with Crippen LogP contribution in [-0.4, -0.2) is 57.9 Å². The highest BCUT2D eigenvalue weighted by Crippen LogP contribution is 2.29. The number of likely N-dealkylation sites (N-methyl/N-ethyl adjacent to an activating group) is 1. The summed E-state index contributed by atoms with van der Waals surface area (Å²) < 4.78 is 38.0. The van der Waals surface area contributed by atoms with Gasteiger partial charge in [0.25, 0.3) is 11.8 Å². The van der Waals surface area contributed by atoms with Crippen molar-refractivity contribution in [2.75, 3.05) is 33.4 Å². The first-order valence-electron chi connectivity index (χ1n) is 10.3. The molecule has 11 heteroatoms. The van der Waals surface area contributed by atoms with Crippen LogP contribution in [0.1, 0.15) is 35.0 Å². The van der Waals surface area contributed by atoms with E-state index in [9.17, 15) is 18.0 Å². The van der Waals surface area contributed by atoms with Gasteiger partial charge < -0.3 is 20.1 Å². The number of thiophene rings is 1. The number of rotatable bonds is 10. The molecule has 1 saturated heterocycles. The molecule has 1 aromatic heterocycles. The van der Waals surface area contributed by atoms with E-state index in [1.54, 1.807) is 23.6 Å². The maximum atomic E-state index is 12.9. The summed E-state index contributed by atoms with van der Waals surface area (Å²) in [7, 11) is -2.19. The average molecular weight is 482 g/mol. The first-order chi connectivity index (χ1) is 15.4. The van der Waals surface area contributed by atoms with E-state index >= 15 is 0 Å². The lowest BCUT2D eigenvalue weighted by atomic mass is 10.2. The fraction of sp³-hybridized carbons (Fsp3) is 0.429. The van der Waals surface area contributed by atoms with Gasteiger partial charge in [-0.05, 0) is 48.9 Å². The fourth-order valence-corrected chi connectivity index (χ4v) is 6.16. The lowest BCUT2D eigenvalue weighted by Gasteiger charge is -2.16. The molecular formula is C21H27N3O6S2. The van der Waals surface area contributed by atoms with Crippen LogP contribution in [0.4, 0.5) is 0 Å². The molecule has 2 heterocycles. The van der Waals surface area contributed by atoms with Crippen LogP contribution in [0.25, 0.3) is 0 Å². The molecule has 1 aliphatic heterocycles. The first kappa shape index (κ1) is 24.0. The summed E-state index contributed by atoms with van der Waals surface area (Å²) in [5, 5.41) is 7.03. The number of nitrogens with zero attached hydrogens (tertiary/aromatic N) is 1. The summed E-state index contributed by atoms with van der Waals surface area (Å²) in [6, 6.07) is 6.58. The molecule has 1 aromatic carbocycles. The summed E-state index contributed by atoms with van der Waals surface area (Å²) in [6.07, 6.45) is 1.66. The molecule has 1 fully saturated rings. The molecule has 0 unspecified atom stereocenters. The predicted molar refractivity (Wildman–Crippen MR) is 121 cm³/mol. The van der Waals surface area contributed by atoms with Crippen LogP contribution in [0.2, 0.25) is 0 Å². The van der Waals surface area contributed by atoms with Crippen LogP contribution in [0.15, 0.2) is 34.5 Å². The van der Waals surface area contributed by atoms with E-state index < -0.39 is 15.9 Å². The quantitative estimate of drug-likeness (QED) is 0.536. The van der Waals surface area contributed by atoms with E-state index in [-0.39, 0.29) is 28.8 Å². The molecule has 32 heavy (non-hydrogen) atoms. The van der Waals surface area contributed by atoms with E-state index in [2.05, 4.69) is 10.6 Å². The summed E-state index contributed by atoms with van der Waals surface area (Å²) >= 11 is 1.10. The molecule has 2 N–H and O–H groups in total. The lowest BCUT2D eigenvalue weighted by molar-refractivity contribution is -0.123. The minimum Gasteiger partial charge on any atom is -0.493 e. The van der Waals surface area contributed by atoms with Crippen LogP contribution in [-0.2, 0) is 21.4 Å². The summed E-state index contributed by atoms with van der Waals surface area (Å²) in [5.74, 6) is 0.149. The van der Waals surface area contributed by atoms with E-state index in [0.29, 0.717) is 31.1 Å². The topological polar surface area (TPSA) is 114 Å². The molecule has 3 rings (SSSR count). The largest absolute Gasteiger partial charge is 0.493 e. The average Bonchev–Trinajstić information content (AvgIpc) is 3.49. The Morgan fingerprint density at radius 1 is 1.12 bits per heavy atom. The Morgan fingerprint density at radius 3 is 2.56 bits per heavy atom. The monoisotopic (exact) mass is 481 g/mol. The molecule has 0 atom stereocenters.